The number of rotatable bonds is 5. The second-order valence-corrected chi connectivity index (χ2v) is 6.09. The summed E-state index contributed by atoms with van der Waals surface area (Å²) < 4.78 is 12.6. The fourth-order valence-corrected chi connectivity index (χ4v) is 2.68. The van der Waals surface area contributed by atoms with Gasteiger partial charge in [0.2, 0.25) is 0 Å². The van der Waals surface area contributed by atoms with Gasteiger partial charge in [-0.15, -0.1) is 0 Å². The Labute approximate surface area is 123 Å². The molecule has 19 heavy (non-hydrogen) atoms. The molecule has 0 bridgehead atoms. The molecule has 4 heteroatoms. The molecule has 1 aliphatic rings. The van der Waals surface area contributed by atoms with Crippen molar-refractivity contribution in [2.45, 2.75) is 44.8 Å². The average Bonchev–Trinajstić information content (AvgIpc) is 2.40. The quantitative estimate of drug-likeness (QED) is 0.902. The first-order valence-corrected chi connectivity index (χ1v) is 7.73. The van der Waals surface area contributed by atoms with Crippen molar-refractivity contribution in [3.63, 3.8) is 0 Å². The highest BCUT2D eigenvalue weighted by molar-refractivity contribution is 9.10. The van der Waals surface area contributed by atoms with Crippen LogP contribution in [0.2, 0.25) is 0 Å². The molecule has 2 unspecified atom stereocenters. The molecule has 1 saturated heterocycles. The Kier molecular flexibility index (Phi) is 5.67. The largest absolute Gasteiger partial charge is 0.491 e. The Morgan fingerprint density at radius 3 is 3.00 bits per heavy atom. The van der Waals surface area contributed by atoms with Gasteiger partial charge < -0.3 is 15.2 Å². The van der Waals surface area contributed by atoms with Gasteiger partial charge in [-0.1, -0.05) is 15.9 Å². The summed E-state index contributed by atoms with van der Waals surface area (Å²) in [7, 11) is 0. The van der Waals surface area contributed by atoms with Crippen LogP contribution in [-0.2, 0) is 11.2 Å². The summed E-state index contributed by atoms with van der Waals surface area (Å²) in [5, 5.41) is 0. The van der Waals surface area contributed by atoms with Crippen LogP contribution in [-0.4, -0.2) is 25.4 Å². The molecule has 1 aliphatic heterocycles. The minimum Gasteiger partial charge on any atom is -0.491 e. The van der Waals surface area contributed by atoms with Crippen LogP contribution in [0.25, 0.3) is 0 Å². The van der Waals surface area contributed by atoms with Crippen LogP contribution in [0.3, 0.4) is 0 Å². The van der Waals surface area contributed by atoms with Gasteiger partial charge in [-0.05, 0) is 56.4 Å². The number of hydrogen-bond acceptors (Lipinski definition) is 3. The highest BCUT2D eigenvalue weighted by Gasteiger charge is 2.14. The molecule has 0 saturated carbocycles. The standard InChI is InChI=1S/C15H22BrNO2/c1-11(17)8-12-9-13(5-6-15(12)16)19-10-14-4-2-3-7-18-14/h5-6,9,11,14H,2-4,7-8,10,17H2,1H3. The Hall–Kier alpha value is -0.580. The predicted molar refractivity (Wildman–Crippen MR) is 80.6 cm³/mol. The zero-order valence-electron chi connectivity index (χ0n) is 11.4. The maximum atomic E-state index is 5.85. The normalized spacial score (nSPS) is 21.1. The minimum atomic E-state index is 0.147. The number of hydrogen-bond donors (Lipinski definition) is 1. The second kappa shape index (κ2) is 7.27. The molecule has 1 heterocycles. The molecular weight excluding hydrogens is 306 g/mol. The Bertz CT molecular complexity index is 403. The van der Waals surface area contributed by atoms with E-state index in [1.54, 1.807) is 0 Å². The third kappa shape index (κ3) is 4.79. The van der Waals surface area contributed by atoms with Crippen molar-refractivity contribution in [1.29, 1.82) is 0 Å². The van der Waals surface area contributed by atoms with Gasteiger partial charge in [0.05, 0.1) is 6.10 Å². The molecule has 0 radical (unpaired) electrons. The van der Waals surface area contributed by atoms with Gasteiger partial charge in [0.15, 0.2) is 0 Å². The summed E-state index contributed by atoms with van der Waals surface area (Å²) in [6.45, 7) is 3.51. The number of benzene rings is 1. The summed E-state index contributed by atoms with van der Waals surface area (Å²) in [5.74, 6) is 0.896. The Morgan fingerprint density at radius 2 is 2.32 bits per heavy atom. The Morgan fingerprint density at radius 1 is 1.47 bits per heavy atom. The van der Waals surface area contributed by atoms with Gasteiger partial charge in [0, 0.05) is 17.1 Å². The van der Waals surface area contributed by atoms with Crippen molar-refractivity contribution in [2.75, 3.05) is 13.2 Å². The lowest BCUT2D eigenvalue weighted by Gasteiger charge is -2.22. The summed E-state index contributed by atoms with van der Waals surface area (Å²) in [4.78, 5) is 0. The minimum absolute atomic E-state index is 0.147. The Balaban J connectivity index is 1.92. The van der Waals surface area contributed by atoms with Gasteiger partial charge in [-0.2, -0.15) is 0 Å². The van der Waals surface area contributed by atoms with Gasteiger partial charge in [-0.3, -0.25) is 0 Å². The zero-order valence-corrected chi connectivity index (χ0v) is 13.0. The van der Waals surface area contributed by atoms with E-state index < -0.39 is 0 Å². The zero-order chi connectivity index (χ0) is 13.7. The first-order valence-electron chi connectivity index (χ1n) is 6.93. The fourth-order valence-electron chi connectivity index (χ4n) is 2.27. The summed E-state index contributed by atoms with van der Waals surface area (Å²) in [6, 6.07) is 6.22. The smallest absolute Gasteiger partial charge is 0.119 e. The number of ether oxygens (including phenoxy) is 2. The molecule has 1 fully saturated rings. The van der Waals surface area contributed by atoms with E-state index in [4.69, 9.17) is 15.2 Å². The van der Waals surface area contributed by atoms with E-state index in [1.807, 2.05) is 19.1 Å². The molecule has 0 spiro atoms. The number of nitrogens with two attached hydrogens (primary N) is 1. The van der Waals surface area contributed by atoms with E-state index in [1.165, 1.54) is 18.4 Å². The van der Waals surface area contributed by atoms with Crippen LogP contribution in [0.4, 0.5) is 0 Å². The molecule has 3 nitrogen and oxygen atoms in total. The van der Waals surface area contributed by atoms with E-state index in [-0.39, 0.29) is 12.1 Å². The van der Waals surface area contributed by atoms with Gasteiger partial charge >= 0.3 is 0 Å². The molecule has 2 N–H and O–H groups in total. The molecule has 1 aromatic rings. The first-order chi connectivity index (χ1) is 9.15. The highest BCUT2D eigenvalue weighted by atomic mass is 79.9. The first kappa shape index (κ1) is 14.8. The molecule has 106 valence electrons. The highest BCUT2D eigenvalue weighted by Crippen LogP contribution is 2.24. The fraction of sp³-hybridized carbons (Fsp3) is 0.600. The van der Waals surface area contributed by atoms with Crippen molar-refractivity contribution in [3.8, 4) is 5.75 Å². The monoisotopic (exact) mass is 327 g/mol. The molecular formula is C15H22BrNO2. The summed E-state index contributed by atoms with van der Waals surface area (Å²) in [5.41, 5.74) is 7.04. The van der Waals surface area contributed by atoms with E-state index in [0.29, 0.717) is 6.61 Å². The van der Waals surface area contributed by atoms with Crippen LogP contribution < -0.4 is 10.5 Å². The predicted octanol–water partition coefficient (Wildman–Crippen LogP) is 3.29. The van der Waals surface area contributed by atoms with Gasteiger partial charge in [0.25, 0.3) is 0 Å². The van der Waals surface area contributed by atoms with Crippen LogP contribution in [0.15, 0.2) is 22.7 Å². The van der Waals surface area contributed by atoms with E-state index in [2.05, 4.69) is 22.0 Å². The third-order valence-electron chi connectivity index (χ3n) is 3.27. The van der Waals surface area contributed by atoms with Crippen molar-refractivity contribution in [1.82, 2.24) is 0 Å². The van der Waals surface area contributed by atoms with Crippen LogP contribution in [0.5, 0.6) is 5.75 Å². The molecule has 2 rings (SSSR count). The summed E-state index contributed by atoms with van der Waals surface area (Å²) >= 11 is 3.55. The van der Waals surface area contributed by atoms with E-state index in [0.717, 1.165) is 29.7 Å². The average molecular weight is 328 g/mol. The molecule has 2 atom stereocenters. The lowest BCUT2D eigenvalue weighted by molar-refractivity contribution is -0.0110. The topological polar surface area (TPSA) is 44.5 Å². The molecule has 0 aliphatic carbocycles. The van der Waals surface area contributed by atoms with Crippen molar-refractivity contribution in [3.05, 3.63) is 28.2 Å². The van der Waals surface area contributed by atoms with Crippen LogP contribution in [0, 0.1) is 0 Å². The number of halogens is 1. The van der Waals surface area contributed by atoms with Crippen LogP contribution in [0.1, 0.15) is 31.7 Å². The molecule has 0 amide bonds. The van der Waals surface area contributed by atoms with Gasteiger partial charge in [0.1, 0.15) is 12.4 Å². The molecule has 1 aromatic carbocycles. The van der Waals surface area contributed by atoms with Crippen molar-refractivity contribution < 1.29 is 9.47 Å². The molecule has 0 aromatic heterocycles. The van der Waals surface area contributed by atoms with Gasteiger partial charge in [-0.25, -0.2) is 0 Å². The van der Waals surface area contributed by atoms with Crippen molar-refractivity contribution in [2.24, 2.45) is 5.73 Å². The second-order valence-electron chi connectivity index (χ2n) is 5.23. The van der Waals surface area contributed by atoms with E-state index >= 15 is 0 Å². The van der Waals surface area contributed by atoms with Crippen LogP contribution >= 0.6 is 15.9 Å². The lowest BCUT2D eigenvalue weighted by Crippen LogP contribution is -2.25. The lowest BCUT2D eigenvalue weighted by atomic mass is 10.1. The van der Waals surface area contributed by atoms with E-state index in [9.17, 15) is 0 Å². The maximum Gasteiger partial charge on any atom is 0.119 e. The third-order valence-corrected chi connectivity index (χ3v) is 4.04. The maximum absolute atomic E-state index is 5.85. The van der Waals surface area contributed by atoms with Crippen molar-refractivity contribution >= 4 is 15.9 Å². The SMILES string of the molecule is CC(N)Cc1cc(OCC2CCCCO2)ccc1Br. The summed E-state index contributed by atoms with van der Waals surface area (Å²) in [6.07, 6.45) is 4.60.